The lowest BCUT2D eigenvalue weighted by atomic mass is 10.3. The zero-order chi connectivity index (χ0) is 12.5. The van der Waals surface area contributed by atoms with Crippen LogP contribution in [-0.4, -0.2) is 50.0 Å². The van der Waals surface area contributed by atoms with E-state index < -0.39 is 9.84 Å². The number of nitrogens with one attached hydrogen (secondary N) is 1. The molecule has 0 aromatic carbocycles. The molecule has 7 heteroatoms. The quantitative estimate of drug-likeness (QED) is 0.829. The molecular weight excluding hydrogens is 240 g/mol. The first-order valence-corrected chi connectivity index (χ1v) is 7.26. The molecule has 1 aliphatic heterocycles. The largest absolute Gasteiger partial charge is 0.363 e. The summed E-state index contributed by atoms with van der Waals surface area (Å²) in [5.74, 6) is 1.70. The third-order valence-electron chi connectivity index (χ3n) is 2.66. The number of rotatable bonds is 3. The highest BCUT2D eigenvalue weighted by atomic mass is 32.2. The number of hydrogen-bond donors (Lipinski definition) is 1. The van der Waals surface area contributed by atoms with E-state index in [-0.39, 0.29) is 17.5 Å². The fourth-order valence-corrected chi connectivity index (χ4v) is 3.43. The van der Waals surface area contributed by atoms with E-state index in [1.165, 1.54) is 0 Å². The maximum Gasteiger partial charge on any atom is 0.224 e. The van der Waals surface area contributed by atoms with Crippen LogP contribution in [0.3, 0.4) is 0 Å². The minimum absolute atomic E-state index is 0.0718. The molecule has 0 radical (unpaired) electrons. The average Bonchev–Trinajstić information content (AvgIpc) is 2.58. The summed E-state index contributed by atoms with van der Waals surface area (Å²) in [4.78, 5) is 10.3. The molecule has 2 heterocycles. The molecule has 1 aromatic rings. The zero-order valence-electron chi connectivity index (χ0n) is 9.92. The summed E-state index contributed by atoms with van der Waals surface area (Å²) in [6, 6.07) is 1.73. The third kappa shape index (κ3) is 3.06. The van der Waals surface area contributed by atoms with E-state index in [0.717, 1.165) is 5.82 Å². The van der Waals surface area contributed by atoms with Crippen molar-refractivity contribution in [3.8, 4) is 0 Å². The molecule has 0 spiro atoms. The Kier molecular flexibility index (Phi) is 3.19. The second kappa shape index (κ2) is 4.48. The summed E-state index contributed by atoms with van der Waals surface area (Å²) in [7, 11) is 0.919. The van der Waals surface area contributed by atoms with Gasteiger partial charge in [0.1, 0.15) is 5.82 Å². The SMILES string of the molecule is CN(C)c1ccnc(NC2CCS(=O)(=O)C2)n1. The van der Waals surface area contributed by atoms with Gasteiger partial charge in [-0.1, -0.05) is 0 Å². The van der Waals surface area contributed by atoms with E-state index in [9.17, 15) is 8.42 Å². The van der Waals surface area contributed by atoms with Crippen LogP contribution in [0.4, 0.5) is 11.8 Å². The van der Waals surface area contributed by atoms with E-state index in [4.69, 9.17) is 0 Å². The minimum Gasteiger partial charge on any atom is -0.363 e. The molecule has 17 heavy (non-hydrogen) atoms. The van der Waals surface area contributed by atoms with Crippen LogP contribution in [0.15, 0.2) is 12.3 Å². The van der Waals surface area contributed by atoms with Gasteiger partial charge in [0.25, 0.3) is 0 Å². The van der Waals surface area contributed by atoms with Crippen molar-refractivity contribution in [3.05, 3.63) is 12.3 Å². The summed E-state index contributed by atoms with van der Waals surface area (Å²) in [5, 5.41) is 3.06. The Hall–Kier alpha value is -1.37. The van der Waals surface area contributed by atoms with Crippen molar-refractivity contribution in [2.45, 2.75) is 12.5 Å². The molecule has 1 N–H and O–H groups in total. The molecule has 1 aromatic heterocycles. The Bertz CT molecular complexity index is 501. The Morgan fingerprint density at radius 3 is 2.82 bits per heavy atom. The van der Waals surface area contributed by atoms with Crippen molar-refractivity contribution in [2.75, 3.05) is 35.8 Å². The van der Waals surface area contributed by atoms with Crippen LogP contribution in [0.1, 0.15) is 6.42 Å². The Balaban J connectivity index is 2.07. The van der Waals surface area contributed by atoms with Gasteiger partial charge in [0, 0.05) is 26.3 Å². The molecule has 0 bridgehead atoms. The van der Waals surface area contributed by atoms with E-state index in [2.05, 4.69) is 15.3 Å². The highest BCUT2D eigenvalue weighted by Gasteiger charge is 2.28. The highest BCUT2D eigenvalue weighted by molar-refractivity contribution is 7.91. The van der Waals surface area contributed by atoms with Gasteiger partial charge in [0.05, 0.1) is 11.5 Å². The Labute approximate surface area is 101 Å². The standard InChI is InChI=1S/C10H16N4O2S/c1-14(2)9-3-5-11-10(13-9)12-8-4-6-17(15,16)7-8/h3,5,8H,4,6-7H2,1-2H3,(H,11,12,13). The number of nitrogens with zero attached hydrogens (tertiary/aromatic N) is 3. The third-order valence-corrected chi connectivity index (χ3v) is 4.43. The molecule has 1 fully saturated rings. The summed E-state index contributed by atoms with van der Waals surface area (Å²) in [6.07, 6.45) is 2.28. The second-order valence-corrected chi connectivity index (χ2v) is 6.61. The maximum absolute atomic E-state index is 11.3. The van der Waals surface area contributed by atoms with E-state index in [0.29, 0.717) is 12.4 Å². The second-order valence-electron chi connectivity index (χ2n) is 4.38. The molecule has 2 rings (SSSR count). The zero-order valence-corrected chi connectivity index (χ0v) is 10.7. The number of hydrogen-bond acceptors (Lipinski definition) is 6. The summed E-state index contributed by atoms with van der Waals surface area (Å²) >= 11 is 0. The Morgan fingerprint density at radius 1 is 1.47 bits per heavy atom. The van der Waals surface area contributed by atoms with Crippen molar-refractivity contribution >= 4 is 21.6 Å². The fourth-order valence-electron chi connectivity index (χ4n) is 1.76. The maximum atomic E-state index is 11.3. The smallest absolute Gasteiger partial charge is 0.224 e. The van der Waals surface area contributed by atoms with Crippen LogP contribution in [0.5, 0.6) is 0 Å². The normalized spacial score (nSPS) is 22.4. The molecular formula is C10H16N4O2S. The Morgan fingerprint density at radius 2 is 2.24 bits per heavy atom. The van der Waals surface area contributed by atoms with Crippen LogP contribution < -0.4 is 10.2 Å². The van der Waals surface area contributed by atoms with Crippen LogP contribution in [0.25, 0.3) is 0 Å². The first-order valence-electron chi connectivity index (χ1n) is 5.43. The van der Waals surface area contributed by atoms with Gasteiger partial charge in [-0.15, -0.1) is 0 Å². The minimum atomic E-state index is -2.87. The first-order chi connectivity index (χ1) is 7.96. The van der Waals surface area contributed by atoms with Crippen molar-refractivity contribution < 1.29 is 8.42 Å². The van der Waals surface area contributed by atoms with Crippen LogP contribution in [0, 0.1) is 0 Å². The molecule has 1 unspecified atom stereocenters. The lowest BCUT2D eigenvalue weighted by Crippen LogP contribution is -2.22. The van der Waals surface area contributed by atoms with Crippen LogP contribution >= 0.6 is 0 Å². The van der Waals surface area contributed by atoms with E-state index in [1.807, 2.05) is 19.0 Å². The van der Waals surface area contributed by atoms with Crippen molar-refractivity contribution in [3.63, 3.8) is 0 Å². The van der Waals surface area contributed by atoms with Crippen LogP contribution in [0.2, 0.25) is 0 Å². The van der Waals surface area contributed by atoms with Gasteiger partial charge < -0.3 is 10.2 Å². The summed E-state index contributed by atoms with van der Waals surface area (Å²) < 4.78 is 22.6. The molecule has 1 aliphatic rings. The van der Waals surface area contributed by atoms with Crippen LogP contribution in [-0.2, 0) is 9.84 Å². The monoisotopic (exact) mass is 256 g/mol. The van der Waals surface area contributed by atoms with E-state index in [1.54, 1.807) is 12.3 Å². The van der Waals surface area contributed by atoms with Gasteiger partial charge in [0.15, 0.2) is 9.84 Å². The molecule has 94 valence electrons. The predicted octanol–water partition coefficient (Wildman–Crippen LogP) is 0.142. The molecule has 6 nitrogen and oxygen atoms in total. The molecule has 0 amide bonds. The number of sulfone groups is 1. The highest BCUT2D eigenvalue weighted by Crippen LogP contribution is 2.16. The number of aromatic nitrogens is 2. The fraction of sp³-hybridized carbons (Fsp3) is 0.600. The van der Waals surface area contributed by atoms with Crippen molar-refractivity contribution in [1.29, 1.82) is 0 Å². The predicted molar refractivity (Wildman–Crippen MR) is 67.0 cm³/mol. The topological polar surface area (TPSA) is 75.2 Å². The van der Waals surface area contributed by atoms with Crippen molar-refractivity contribution in [2.24, 2.45) is 0 Å². The lowest BCUT2D eigenvalue weighted by molar-refractivity contribution is 0.602. The van der Waals surface area contributed by atoms with Crippen molar-refractivity contribution in [1.82, 2.24) is 9.97 Å². The molecule has 1 atom stereocenters. The van der Waals surface area contributed by atoms with Gasteiger partial charge in [-0.2, -0.15) is 4.98 Å². The van der Waals surface area contributed by atoms with E-state index >= 15 is 0 Å². The van der Waals surface area contributed by atoms with Gasteiger partial charge >= 0.3 is 0 Å². The van der Waals surface area contributed by atoms with Gasteiger partial charge in [-0.25, -0.2) is 13.4 Å². The van der Waals surface area contributed by atoms with Gasteiger partial charge in [0.2, 0.25) is 5.95 Å². The molecule has 1 saturated heterocycles. The summed E-state index contributed by atoms with van der Waals surface area (Å²) in [5.41, 5.74) is 0. The average molecular weight is 256 g/mol. The van der Waals surface area contributed by atoms with Gasteiger partial charge in [-0.3, -0.25) is 0 Å². The number of anilines is 2. The molecule has 0 saturated carbocycles. The van der Waals surface area contributed by atoms with Gasteiger partial charge in [-0.05, 0) is 12.5 Å². The lowest BCUT2D eigenvalue weighted by Gasteiger charge is -2.14. The first kappa shape index (κ1) is 12.1. The summed E-state index contributed by atoms with van der Waals surface area (Å²) in [6.45, 7) is 0. The molecule has 0 aliphatic carbocycles.